The summed E-state index contributed by atoms with van der Waals surface area (Å²) in [5, 5.41) is 3.30. The van der Waals surface area contributed by atoms with Gasteiger partial charge in [-0.25, -0.2) is 4.98 Å². The molecule has 0 aromatic carbocycles. The van der Waals surface area contributed by atoms with Gasteiger partial charge in [-0.2, -0.15) is 0 Å². The first-order valence-corrected chi connectivity index (χ1v) is 7.45. The molecule has 1 aromatic heterocycles. The summed E-state index contributed by atoms with van der Waals surface area (Å²) in [6, 6.07) is 0.490. The Morgan fingerprint density at radius 1 is 1.56 bits per heavy atom. The van der Waals surface area contributed by atoms with Crippen molar-refractivity contribution in [2.45, 2.75) is 44.6 Å². The van der Waals surface area contributed by atoms with Crippen molar-refractivity contribution < 1.29 is 9.47 Å². The van der Waals surface area contributed by atoms with Crippen molar-refractivity contribution in [2.75, 3.05) is 20.3 Å². The van der Waals surface area contributed by atoms with Crippen LogP contribution in [-0.4, -0.2) is 48.4 Å². The summed E-state index contributed by atoms with van der Waals surface area (Å²) < 4.78 is 11.5. The lowest BCUT2D eigenvalue weighted by Crippen LogP contribution is -2.42. The predicted octanol–water partition coefficient (Wildman–Crippen LogP) is 1.83. The third kappa shape index (κ3) is 2.32. The van der Waals surface area contributed by atoms with E-state index in [0.717, 1.165) is 31.1 Å². The van der Waals surface area contributed by atoms with E-state index in [2.05, 4.69) is 22.2 Å². The fourth-order valence-electron chi connectivity index (χ4n) is 3.16. The molecule has 18 heavy (non-hydrogen) atoms. The highest BCUT2D eigenvalue weighted by Crippen LogP contribution is 2.32. The third-order valence-corrected chi connectivity index (χ3v) is 4.80. The number of hydrogen-bond acceptors (Lipinski definition) is 5. The van der Waals surface area contributed by atoms with Crippen LogP contribution in [0.25, 0.3) is 0 Å². The number of thiazole rings is 1. The summed E-state index contributed by atoms with van der Waals surface area (Å²) in [5.74, 6) is 0. The number of ether oxygens (including phenoxy) is 2. The first kappa shape index (κ1) is 12.5. The van der Waals surface area contributed by atoms with Crippen LogP contribution in [0.1, 0.15) is 23.5 Å². The molecule has 2 aliphatic rings. The summed E-state index contributed by atoms with van der Waals surface area (Å²) in [5.41, 5.74) is 1.18. The molecule has 4 nitrogen and oxygen atoms in total. The van der Waals surface area contributed by atoms with Crippen LogP contribution in [0.4, 0.5) is 0 Å². The average Bonchev–Trinajstić information content (AvgIpc) is 2.87. The maximum Gasteiger partial charge on any atom is 0.0987 e. The molecule has 1 aliphatic heterocycles. The van der Waals surface area contributed by atoms with Crippen LogP contribution in [0.15, 0.2) is 5.38 Å². The highest BCUT2D eigenvalue weighted by atomic mass is 32.1. The predicted molar refractivity (Wildman–Crippen MR) is 70.8 cm³/mol. The molecule has 1 saturated heterocycles. The number of aromatic nitrogens is 1. The first-order valence-electron chi connectivity index (χ1n) is 6.57. The number of nitrogens with zero attached hydrogens (tertiary/aromatic N) is 2. The normalized spacial score (nSPS) is 32.7. The highest BCUT2D eigenvalue weighted by Gasteiger charge is 2.42. The van der Waals surface area contributed by atoms with Crippen LogP contribution in [0.5, 0.6) is 0 Å². The van der Waals surface area contributed by atoms with Crippen LogP contribution in [0.3, 0.4) is 0 Å². The quantitative estimate of drug-likeness (QED) is 0.837. The van der Waals surface area contributed by atoms with Crippen LogP contribution in [0, 0.1) is 6.92 Å². The second-order valence-corrected chi connectivity index (χ2v) is 6.14. The van der Waals surface area contributed by atoms with E-state index in [9.17, 15) is 0 Å². The van der Waals surface area contributed by atoms with E-state index in [1.807, 2.05) is 0 Å². The molecule has 0 N–H and O–H groups in total. The van der Waals surface area contributed by atoms with Gasteiger partial charge in [-0.1, -0.05) is 0 Å². The van der Waals surface area contributed by atoms with E-state index in [4.69, 9.17) is 9.47 Å². The van der Waals surface area contributed by atoms with Gasteiger partial charge in [-0.05, 0) is 19.8 Å². The molecule has 2 bridgehead atoms. The smallest absolute Gasteiger partial charge is 0.0987 e. The molecule has 0 radical (unpaired) electrons. The Bertz CT molecular complexity index is 409. The summed E-state index contributed by atoms with van der Waals surface area (Å²) in [7, 11) is 1.80. The van der Waals surface area contributed by atoms with E-state index < -0.39 is 0 Å². The molecule has 5 heteroatoms. The van der Waals surface area contributed by atoms with Crippen molar-refractivity contribution in [1.82, 2.24) is 9.88 Å². The molecular formula is C13H20N2O2S. The van der Waals surface area contributed by atoms with Gasteiger partial charge in [-0.15, -0.1) is 11.3 Å². The van der Waals surface area contributed by atoms with E-state index in [1.165, 1.54) is 12.1 Å². The number of fused-ring (bicyclic) bond motifs is 2. The molecule has 100 valence electrons. The fourth-order valence-corrected chi connectivity index (χ4v) is 3.76. The lowest BCUT2D eigenvalue weighted by Gasteiger charge is -2.29. The zero-order valence-corrected chi connectivity index (χ0v) is 11.8. The zero-order chi connectivity index (χ0) is 12.5. The van der Waals surface area contributed by atoms with E-state index in [1.54, 1.807) is 18.4 Å². The van der Waals surface area contributed by atoms with Gasteiger partial charge < -0.3 is 9.47 Å². The van der Waals surface area contributed by atoms with Crippen LogP contribution < -0.4 is 0 Å². The van der Waals surface area contributed by atoms with Crippen LogP contribution >= 0.6 is 11.3 Å². The Kier molecular flexibility index (Phi) is 3.66. The van der Waals surface area contributed by atoms with Gasteiger partial charge in [0.1, 0.15) is 0 Å². The average molecular weight is 268 g/mol. The highest BCUT2D eigenvalue weighted by molar-refractivity contribution is 7.09. The maximum absolute atomic E-state index is 5.89. The SMILES string of the molecule is CO[C@@H]1[C@H]2CC[C@H]1OCCN2Cc1csc(C)n1. The lowest BCUT2D eigenvalue weighted by molar-refractivity contribution is -0.0326. The number of rotatable bonds is 3. The topological polar surface area (TPSA) is 34.6 Å². The first-order chi connectivity index (χ1) is 8.78. The molecule has 3 atom stereocenters. The Morgan fingerprint density at radius 3 is 3.17 bits per heavy atom. The van der Waals surface area contributed by atoms with Gasteiger partial charge in [0.15, 0.2) is 0 Å². The van der Waals surface area contributed by atoms with E-state index in [0.29, 0.717) is 12.1 Å². The van der Waals surface area contributed by atoms with Gasteiger partial charge in [-0.3, -0.25) is 4.90 Å². The van der Waals surface area contributed by atoms with E-state index in [-0.39, 0.29) is 6.10 Å². The number of aryl methyl sites for hydroxylation is 1. The molecule has 3 rings (SSSR count). The van der Waals surface area contributed by atoms with Crippen molar-refractivity contribution in [1.29, 1.82) is 0 Å². The largest absolute Gasteiger partial charge is 0.377 e. The van der Waals surface area contributed by atoms with Gasteiger partial charge >= 0.3 is 0 Å². The number of methoxy groups -OCH3 is 1. The monoisotopic (exact) mass is 268 g/mol. The summed E-state index contributed by atoms with van der Waals surface area (Å²) >= 11 is 1.72. The Hall–Kier alpha value is -0.490. The molecule has 2 fully saturated rings. The molecule has 1 saturated carbocycles. The molecule has 2 heterocycles. The van der Waals surface area contributed by atoms with Crippen molar-refractivity contribution in [3.63, 3.8) is 0 Å². The molecular weight excluding hydrogens is 248 g/mol. The van der Waals surface area contributed by atoms with Crippen molar-refractivity contribution in [3.05, 3.63) is 16.1 Å². The molecule has 1 aromatic rings. The fraction of sp³-hybridized carbons (Fsp3) is 0.769. The minimum atomic E-state index is 0.229. The summed E-state index contributed by atoms with van der Waals surface area (Å²) in [6.07, 6.45) is 2.82. The zero-order valence-electron chi connectivity index (χ0n) is 11.0. The van der Waals surface area contributed by atoms with Gasteiger partial charge in [0, 0.05) is 31.6 Å². The van der Waals surface area contributed by atoms with Gasteiger partial charge in [0.2, 0.25) is 0 Å². The molecule has 0 unspecified atom stereocenters. The maximum atomic E-state index is 5.89. The van der Waals surface area contributed by atoms with Crippen LogP contribution in [0.2, 0.25) is 0 Å². The lowest BCUT2D eigenvalue weighted by atomic mass is 10.1. The van der Waals surface area contributed by atoms with Gasteiger partial charge in [0.25, 0.3) is 0 Å². The minimum Gasteiger partial charge on any atom is -0.377 e. The molecule has 0 amide bonds. The Labute approximate surface area is 112 Å². The number of hydrogen-bond donors (Lipinski definition) is 0. The summed E-state index contributed by atoms with van der Waals surface area (Å²) in [6.45, 7) is 4.77. The van der Waals surface area contributed by atoms with Crippen molar-refractivity contribution >= 4 is 11.3 Å². The molecule has 1 aliphatic carbocycles. The van der Waals surface area contributed by atoms with Crippen molar-refractivity contribution in [2.24, 2.45) is 0 Å². The molecule has 0 spiro atoms. The Morgan fingerprint density at radius 2 is 2.44 bits per heavy atom. The van der Waals surface area contributed by atoms with Crippen LogP contribution in [-0.2, 0) is 16.0 Å². The minimum absolute atomic E-state index is 0.229. The second kappa shape index (κ2) is 5.25. The second-order valence-electron chi connectivity index (χ2n) is 5.08. The summed E-state index contributed by atoms with van der Waals surface area (Å²) in [4.78, 5) is 7.05. The van der Waals surface area contributed by atoms with E-state index >= 15 is 0 Å². The standard InChI is InChI=1S/C13H20N2O2S/c1-9-14-10(8-18-9)7-15-5-6-17-12-4-3-11(15)13(12)16-2/h8,11-13H,3-7H2,1-2H3/t11-,12-,13-/m1/s1. The van der Waals surface area contributed by atoms with Crippen molar-refractivity contribution in [3.8, 4) is 0 Å². The van der Waals surface area contributed by atoms with Gasteiger partial charge in [0.05, 0.1) is 29.5 Å². The Balaban J connectivity index is 1.74. The third-order valence-electron chi connectivity index (χ3n) is 3.98.